The number of alkyl halides is 3. The van der Waals surface area contributed by atoms with Crippen molar-refractivity contribution < 1.29 is 18.0 Å². The molecule has 5 nitrogen and oxygen atoms in total. The molecule has 2 aromatic heterocycles. The Kier molecular flexibility index (Phi) is 5.01. The van der Waals surface area contributed by atoms with Crippen LogP contribution in [0.4, 0.5) is 13.2 Å². The maximum Gasteiger partial charge on any atom is 0.405 e. The largest absolute Gasteiger partial charge is 0.405 e. The predicted molar refractivity (Wildman–Crippen MR) is 89.4 cm³/mol. The summed E-state index contributed by atoms with van der Waals surface area (Å²) in [6.45, 7) is -1.01. The van der Waals surface area contributed by atoms with Crippen LogP contribution < -0.4 is 5.32 Å². The van der Waals surface area contributed by atoms with E-state index in [0.29, 0.717) is 12.1 Å². The molecular weight excluding hydrogens is 345 g/mol. The minimum atomic E-state index is -4.48. The van der Waals surface area contributed by atoms with Crippen LogP contribution in [0.3, 0.4) is 0 Å². The molecule has 134 valence electrons. The molecular formula is C18H15F3N4O. The van der Waals surface area contributed by atoms with Gasteiger partial charge in [-0.2, -0.15) is 18.3 Å². The molecule has 0 spiro atoms. The average Bonchev–Trinajstić information content (AvgIpc) is 3.04. The highest BCUT2D eigenvalue weighted by molar-refractivity contribution is 5.99. The minimum Gasteiger partial charge on any atom is -0.343 e. The van der Waals surface area contributed by atoms with E-state index < -0.39 is 18.6 Å². The zero-order valence-electron chi connectivity index (χ0n) is 13.6. The lowest BCUT2D eigenvalue weighted by Crippen LogP contribution is -2.33. The number of rotatable bonds is 5. The van der Waals surface area contributed by atoms with Gasteiger partial charge in [0.25, 0.3) is 5.91 Å². The van der Waals surface area contributed by atoms with Crippen molar-refractivity contribution in [1.29, 1.82) is 0 Å². The Bertz CT molecular complexity index is 876. The van der Waals surface area contributed by atoms with Crippen LogP contribution in [0.25, 0.3) is 11.3 Å². The molecule has 2 heterocycles. The van der Waals surface area contributed by atoms with E-state index in [1.54, 1.807) is 18.3 Å². The van der Waals surface area contributed by atoms with Crippen LogP contribution in [-0.2, 0) is 6.54 Å². The first kappa shape index (κ1) is 17.7. The molecule has 26 heavy (non-hydrogen) atoms. The number of benzene rings is 1. The van der Waals surface area contributed by atoms with Gasteiger partial charge in [-0.05, 0) is 17.7 Å². The first-order valence-electron chi connectivity index (χ1n) is 7.79. The molecule has 0 aliphatic rings. The maximum atomic E-state index is 12.4. The lowest BCUT2D eigenvalue weighted by Gasteiger charge is -2.08. The number of nitrogens with one attached hydrogen (secondary N) is 1. The van der Waals surface area contributed by atoms with Crippen molar-refractivity contribution in [3.05, 3.63) is 72.2 Å². The summed E-state index contributed by atoms with van der Waals surface area (Å²) in [6, 6.07) is 12.8. The zero-order valence-corrected chi connectivity index (χ0v) is 13.6. The van der Waals surface area contributed by atoms with Gasteiger partial charge in [0.05, 0.1) is 12.1 Å². The molecule has 0 bridgehead atoms. The number of hydrogen-bond donors (Lipinski definition) is 1. The van der Waals surface area contributed by atoms with Gasteiger partial charge >= 0.3 is 6.18 Å². The van der Waals surface area contributed by atoms with E-state index >= 15 is 0 Å². The summed E-state index contributed by atoms with van der Waals surface area (Å²) in [5.41, 5.74) is 1.86. The average molecular weight is 360 g/mol. The van der Waals surface area contributed by atoms with E-state index in [2.05, 4.69) is 10.1 Å². The lowest BCUT2D eigenvalue weighted by molar-refractivity contribution is -0.123. The van der Waals surface area contributed by atoms with Crippen LogP contribution in [0.1, 0.15) is 15.9 Å². The molecule has 0 saturated heterocycles. The molecule has 0 atom stereocenters. The van der Waals surface area contributed by atoms with Gasteiger partial charge in [-0.1, -0.05) is 30.3 Å². The molecule has 0 unspecified atom stereocenters. The number of hydrogen-bond acceptors (Lipinski definition) is 3. The van der Waals surface area contributed by atoms with Crippen LogP contribution in [0, 0.1) is 0 Å². The van der Waals surface area contributed by atoms with Crippen molar-refractivity contribution in [3.63, 3.8) is 0 Å². The second-order valence-electron chi connectivity index (χ2n) is 5.61. The summed E-state index contributed by atoms with van der Waals surface area (Å²) in [6.07, 6.45) is 0.0365. The van der Waals surface area contributed by atoms with Crippen molar-refractivity contribution in [3.8, 4) is 11.3 Å². The third kappa shape index (κ3) is 4.47. The Hall–Kier alpha value is -3.16. The maximum absolute atomic E-state index is 12.4. The van der Waals surface area contributed by atoms with Crippen LogP contribution in [0.15, 0.2) is 61.1 Å². The molecule has 0 radical (unpaired) electrons. The minimum absolute atomic E-state index is 0.0678. The SMILES string of the molecule is O=C(NCC(F)(F)F)c1cn(Cc2ccccc2)nc1-c1cccnc1. The highest BCUT2D eigenvalue weighted by atomic mass is 19.4. The van der Waals surface area contributed by atoms with E-state index in [4.69, 9.17) is 0 Å². The summed E-state index contributed by atoms with van der Waals surface area (Å²) in [5, 5.41) is 6.26. The van der Waals surface area contributed by atoms with Crippen molar-refractivity contribution in [1.82, 2.24) is 20.1 Å². The molecule has 3 rings (SSSR count). The summed E-state index contributed by atoms with van der Waals surface area (Å²) in [5.74, 6) is -0.833. The quantitative estimate of drug-likeness (QED) is 0.760. The Labute approximate surface area is 147 Å². The predicted octanol–water partition coefficient (Wildman–Crippen LogP) is 3.29. The van der Waals surface area contributed by atoms with E-state index in [1.165, 1.54) is 17.1 Å². The van der Waals surface area contributed by atoms with Gasteiger partial charge in [-0.15, -0.1) is 0 Å². The zero-order chi connectivity index (χ0) is 18.6. The fourth-order valence-corrected chi connectivity index (χ4v) is 2.43. The molecule has 1 amide bonds. The van der Waals surface area contributed by atoms with Gasteiger partial charge in [-0.3, -0.25) is 14.5 Å². The molecule has 8 heteroatoms. The number of aromatic nitrogens is 3. The first-order chi connectivity index (χ1) is 12.4. The Morgan fingerprint density at radius 2 is 1.88 bits per heavy atom. The highest BCUT2D eigenvalue weighted by Gasteiger charge is 2.29. The molecule has 3 aromatic rings. The normalized spacial score (nSPS) is 11.3. The smallest absolute Gasteiger partial charge is 0.343 e. The second-order valence-corrected chi connectivity index (χ2v) is 5.61. The Morgan fingerprint density at radius 3 is 2.54 bits per heavy atom. The van der Waals surface area contributed by atoms with E-state index in [9.17, 15) is 18.0 Å². The van der Waals surface area contributed by atoms with Crippen molar-refractivity contribution in [2.24, 2.45) is 0 Å². The number of amides is 1. The van der Waals surface area contributed by atoms with Crippen LogP contribution in [0.5, 0.6) is 0 Å². The standard InChI is InChI=1S/C18H15F3N4O/c19-18(20,21)12-23-17(26)15-11-25(10-13-5-2-1-3-6-13)24-16(15)14-7-4-8-22-9-14/h1-9,11H,10,12H2,(H,23,26). The highest BCUT2D eigenvalue weighted by Crippen LogP contribution is 2.22. The third-order valence-corrected chi connectivity index (χ3v) is 3.58. The Balaban J connectivity index is 1.92. The molecule has 0 aliphatic heterocycles. The molecule has 0 fully saturated rings. The van der Waals surface area contributed by atoms with Crippen molar-refractivity contribution >= 4 is 5.91 Å². The second kappa shape index (κ2) is 7.38. The van der Waals surface area contributed by atoms with E-state index in [0.717, 1.165) is 5.56 Å². The van der Waals surface area contributed by atoms with Gasteiger partial charge in [0.15, 0.2) is 0 Å². The number of halogens is 3. The monoisotopic (exact) mass is 360 g/mol. The van der Waals surface area contributed by atoms with Gasteiger partial charge < -0.3 is 5.32 Å². The first-order valence-corrected chi connectivity index (χ1v) is 7.79. The summed E-state index contributed by atoms with van der Waals surface area (Å²) in [4.78, 5) is 16.2. The lowest BCUT2D eigenvalue weighted by atomic mass is 10.1. The molecule has 0 aliphatic carbocycles. The van der Waals surface area contributed by atoms with Crippen molar-refractivity contribution in [2.75, 3.05) is 6.54 Å². The van der Waals surface area contributed by atoms with Gasteiger partial charge in [-0.25, -0.2) is 0 Å². The summed E-state index contributed by atoms with van der Waals surface area (Å²) >= 11 is 0. The summed E-state index contributed by atoms with van der Waals surface area (Å²) < 4.78 is 38.7. The fourth-order valence-electron chi connectivity index (χ4n) is 2.43. The van der Waals surface area contributed by atoms with Crippen LogP contribution in [0.2, 0.25) is 0 Å². The van der Waals surface area contributed by atoms with E-state index in [1.807, 2.05) is 35.6 Å². The Morgan fingerprint density at radius 1 is 1.12 bits per heavy atom. The van der Waals surface area contributed by atoms with E-state index in [-0.39, 0.29) is 11.3 Å². The summed E-state index contributed by atoms with van der Waals surface area (Å²) in [7, 11) is 0. The van der Waals surface area contributed by atoms with Gasteiger partial charge in [0.2, 0.25) is 0 Å². The molecule has 1 aromatic carbocycles. The van der Waals surface area contributed by atoms with Gasteiger partial charge in [0, 0.05) is 24.2 Å². The van der Waals surface area contributed by atoms with Crippen molar-refractivity contribution in [2.45, 2.75) is 12.7 Å². The molecule has 1 N–H and O–H groups in total. The number of carbonyl (C=O) groups excluding carboxylic acids is 1. The fraction of sp³-hybridized carbons (Fsp3) is 0.167. The van der Waals surface area contributed by atoms with Crippen LogP contribution in [-0.4, -0.2) is 33.4 Å². The number of carbonyl (C=O) groups is 1. The van der Waals surface area contributed by atoms with Gasteiger partial charge in [0.1, 0.15) is 12.2 Å². The van der Waals surface area contributed by atoms with Crippen LogP contribution >= 0.6 is 0 Å². The third-order valence-electron chi connectivity index (χ3n) is 3.58. The molecule has 0 saturated carbocycles. The number of nitrogens with zero attached hydrogens (tertiary/aromatic N) is 3. The number of pyridine rings is 1. The topological polar surface area (TPSA) is 59.8 Å².